The molecule has 1 amide bonds. The van der Waals surface area contributed by atoms with Crippen LogP contribution in [0.3, 0.4) is 0 Å². The molecule has 0 aliphatic heterocycles. The minimum atomic E-state index is -0.351. The maximum atomic E-state index is 12.9. The Labute approximate surface area is 141 Å². The highest BCUT2D eigenvalue weighted by molar-refractivity contribution is 7.09. The monoisotopic (exact) mass is 343 g/mol. The Morgan fingerprint density at radius 1 is 1.17 bits per heavy atom. The molecule has 0 aliphatic rings. The van der Waals surface area contributed by atoms with Crippen LogP contribution in [0.15, 0.2) is 58.7 Å². The molecular formula is C17H14FN3O2S. The summed E-state index contributed by atoms with van der Waals surface area (Å²) in [6.07, 6.45) is 0. The van der Waals surface area contributed by atoms with Crippen molar-refractivity contribution in [1.82, 2.24) is 15.1 Å². The van der Waals surface area contributed by atoms with Crippen LogP contribution in [-0.4, -0.2) is 15.7 Å². The van der Waals surface area contributed by atoms with Crippen LogP contribution in [0.1, 0.15) is 20.9 Å². The van der Waals surface area contributed by atoms with Crippen molar-refractivity contribution in [3.63, 3.8) is 0 Å². The number of nitrogens with zero attached hydrogens (tertiary/aromatic N) is 2. The predicted molar refractivity (Wildman–Crippen MR) is 89.5 cm³/mol. The summed E-state index contributed by atoms with van der Waals surface area (Å²) in [6, 6.07) is 12.3. The Hall–Kier alpha value is -2.80. The van der Waals surface area contributed by atoms with Gasteiger partial charge >= 0.3 is 0 Å². The van der Waals surface area contributed by atoms with E-state index >= 15 is 0 Å². The maximum Gasteiger partial charge on any atom is 0.272 e. The lowest BCUT2D eigenvalue weighted by molar-refractivity contribution is 0.0944. The van der Waals surface area contributed by atoms with Crippen LogP contribution in [-0.2, 0) is 13.1 Å². The van der Waals surface area contributed by atoms with Crippen LogP contribution < -0.4 is 10.9 Å². The van der Waals surface area contributed by atoms with Gasteiger partial charge in [0.2, 0.25) is 0 Å². The topological polar surface area (TPSA) is 64.0 Å². The van der Waals surface area contributed by atoms with Crippen LogP contribution in [0.5, 0.6) is 0 Å². The van der Waals surface area contributed by atoms with E-state index in [0.29, 0.717) is 6.54 Å². The van der Waals surface area contributed by atoms with E-state index in [9.17, 15) is 14.0 Å². The van der Waals surface area contributed by atoms with E-state index in [2.05, 4.69) is 10.4 Å². The van der Waals surface area contributed by atoms with Gasteiger partial charge in [0.15, 0.2) is 0 Å². The first-order valence-corrected chi connectivity index (χ1v) is 8.13. The molecule has 0 radical (unpaired) electrons. The molecule has 24 heavy (non-hydrogen) atoms. The number of aromatic nitrogens is 2. The standard InChI is InChI=1S/C17H14FN3O2S/c18-13-5-3-12(4-6-13)11-21-16(22)8-7-15(20-21)17(23)19-10-14-2-1-9-24-14/h1-9H,10-11H2,(H,19,23). The molecule has 2 heterocycles. The number of nitrogens with one attached hydrogen (secondary N) is 1. The van der Waals surface area contributed by atoms with E-state index in [-0.39, 0.29) is 29.5 Å². The number of benzene rings is 1. The molecule has 1 N–H and O–H groups in total. The van der Waals surface area contributed by atoms with Gasteiger partial charge in [0.1, 0.15) is 11.5 Å². The summed E-state index contributed by atoms with van der Waals surface area (Å²) in [7, 11) is 0. The minimum Gasteiger partial charge on any atom is -0.346 e. The summed E-state index contributed by atoms with van der Waals surface area (Å²) < 4.78 is 14.1. The lowest BCUT2D eigenvalue weighted by Crippen LogP contribution is -2.29. The fraction of sp³-hybridized carbons (Fsp3) is 0.118. The van der Waals surface area contributed by atoms with Gasteiger partial charge in [0.05, 0.1) is 13.1 Å². The first-order valence-electron chi connectivity index (χ1n) is 7.25. The number of hydrogen-bond acceptors (Lipinski definition) is 4. The largest absolute Gasteiger partial charge is 0.346 e. The van der Waals surface area contributed by atoms with Crippen molar-refractivity contribution in [1.29, 1.82) is 0 Å². The van der Waals surface area contributed by atoms with Crippen LogP contribution in [0.25, 0.3) is 0 Å². The minimum absolute atomic E-state index is 0.160. The predicted octanol–water partition coefficient (Wildman–Crippen LogP) is 2.42. The third kappa shape index (κ3) is 3.94. The summed E-state index contributed by atoms with van der Waals surface area (Å²) in [4.78, 5) is 25.1. The first-order chi connectivity index (χ1) is 11.6. The zero-order valence-corrected chi connectivity index (χ0v) is 13.4. The maximum absolute atomic E-state index is 12.9. The smallest absolute Gasteiger partial charge is 0.272 e. The Morgan fingerprint density at radius 2 is 1.96 bits per heavy atom. The zero-order chi connectivity index (χ0) is 16.9. The average molecular weight is 343 g/mol. The van der Waals surface area contributed by atoms with Gasteiger partial charge < -0.3 is 5.32 Å². The SMILES string of the molecule is O=C(NCc1cccs1)c1ccc(=O)n(Cc2ccc(F)cc2)n1. The van der Waals surface area contributed by atoms with E-state index in [1.807, 2.05) is 17.5 Å². The van der Waals surface area contributed by atoms with Gasteiger partial charge in [-0.3, -0.25) is 9.59 Å². The normalized spacial score (nSPS) is 10.5. The highest BCUT2D eigenvalue weighted by Gasteiger charge is 2.10. The lowest BCUT2D eigenvalue weighted by atomic mass is 10.2. The van der Waals surface area contributed by atoms with E-state index in [4.69, 9.17) is 0 Å². The fourth-order valence-electron chi connectivity index (χ4n) is 2.12. The Morgan fingerprint density at radius 3 is 2.67 bits per heavy atom. The van der Waals surface area contributed by atoms with E-state index in [0.717, 1.165) is 10.4 Å². The molecule has 5 nitrogen and oxygen atoms in total. The van der Waals surface area contributed by atoms with E-state index in [1.165, 1.54) is 28.9 Å². The van der Waals surface area contributed by atoms with Crippen LogP contribution in [0.2, 0.25) is 0 Å². The number of thiophene rings is 1. The molecule has 0 fully saturated rings. The summed E-state index contributed by atoms with van der Waals surface area (Å²) >= 11 is 1.55. The summed E-state index contributed by atoms with van der Waals surface area (Å²) in [6.45, 7) is 0.584. The molecule has 0 spiro atoms. The molecule has 0 aliphatic carbocycles. The second kappa shape index (κ2) is 7.18. The number of rotatable bonds is 5. The molecule has 122 valence electrons. The molecule has 2 aromatic heterocycles. The Kier molecular flexibility index (Phi) is 4.81. The average Bonchev–Trinajstić information content (AvgIpc) is 3.10. The van der Waals surface area contributed by atoms with Gasteiger partial charge in [0, 0.05) is 10.9 Å². The van der Waals surface area contributed by atoms with Crippen molar-refractivity contribution >= 4 is 17.2 Å². The number of carbonyl (C=O) groups excluding carboxylic acids is 1. The van der Waals surface area contributed by atoms with Crippen molar-refractivity contribution in [3.05, 3.63) is 86.2 Å². The number of amides is 1. The second-order valence-corrected chi connectivity index (χ2v) is 6.14. The van der Waals surface area contributed by atoms with Crippen molar-refractivity contribution in [3.8, 4) is 0 Å². The lowest BCUT2D eigenvalue weighted by Gasteiger charge is -2.07. The molecule has 0 unspecified atom stereocenters. The van der Waals surface area contributed by atoms with Gasteiger partial charge in [-0.2, -0.15) is 5.10 Å². The molecule has 7 heteroatoms. The highest BCUT2D eigenvalue weighted by atomic mass is 32.1. The van der Waals surface area contributed by atoms with Crippen LogP contribution in [0, 0.1) is 5.82 Å². The van der Waals surface area contributed by atoms with E-state index < -0.39 is 0 Å². The summed E-state index contributed by atoms with van der Waals surface area (Å²) in [5, 5.41) is 8.79. The Bertz CT molecular complexity index is 889. The van der Waals surface area contributed by atoms with Gasteiger partial charge in [-0.1, -0.05) is 18.2 Å². The third-order valence-electron chi connectivity index (χ3n) is 3.35. The van der Waals surface area contributed by atoms with Gasteiger partial charge in [0.25, 0.3) is 11.5 Å². The van der Waals surface area contributed by atoms with Crippen LogP contribution >= 0.6 is 11.3 Å². The first kappa shape index (κ1) is 16.1. The number of halogens is 1. The third-order valence-corrected chi connectivity index (χ3v) is 4.22. The fourth-order valence-corrected chi connectivity index (χ4v) is 2.76. The van der Waals surface area contributed by atoms with Crippen molar-refractivity contribution in [2.45, 2.75) is 13.1 Å². The summed E-state index contributed by atoms with van der Waals surface area (Å²) in [5.74, 6) is -0.697. The molecular weight excluding hydrogens is 329 g/mol. The number of carbonyl (C=O) groups is 1. The molecule has 0 saturated carbocycles. The van der Waals surface area contributed by atoms with E-state index in [1.54, 1.807) is 23.5 Å². The Balaban J connectivity index is 1.74. The molecule has 0 atom stereocenters. The van der Waals surface area contributed by atoms with Crippen LogP contribution in [0.4, 0.5) is 4.39 Å². The van der Waals surface area contributed by atoms with Crippen molar-refractivity contribution in [2.75, 3.05) is 0 Å². The molecule has 3 rings (SSSR count). The van der Waals surface area contributed by atoms with Gasteiger partial charge in [-0.05, 0) is 35.2 Å². The van der Waals surface area contributed by atoms with Gasteiger partial charge in [-0.25, -0.2) is 9.07 Å². The molecule has 0 saturated heterocycles. The molecule has 3 aromatic rings. The van der Waals surface area contributed by atoms with Crippen molar-refractivity contribution < 1.29 is 9.18 Å². The second-order valence-electron chi connectivity index (χ2n) is 5.10. The molecule has 1 aromatic carbocycles. The zero-order valence-electron chi connectivity index (χ0n) is 12.6. The molecule has 0 bridgehead atoms. The number of hydrogen-bond donors (Lipinski definition) is 1. The van der Waals surface area contributed by atoms with Crippen molar-refractivity contribution in [2.24, 2.45) is 0 Å². The quantitative estimate of drug-likeness (QED) is 0.774. The highest BCUT2D eigenvalue weighted by Crippen LogP contribution is 2.08. The van der Waals surface area contributed by atoms with Gasteiger partial charge in [-0.15, -0.1) is 11.3 Å². The summed E-state index contributed by atoms with van der Waals surface area (Å²) in [5.41, 5.74) is 0.560.